The average Bonchev–Trinajstić information content (AvgIpc) is 3.70. The molecule has 2 aliphatic heterocycles. The Hall–Kier alpha value is -3.32. The molecule has 3 N–H and O–H groups in total. The summed E-state index contributed by atoms with van der Waals surface area (Å²) in [5, 5.41) is 16.4. The van der Waals surface area contributed by atoms with Gasteiger partial charge in [-0.1, -0.05) is 11.6 Å². The second-order valence-corrected chi connectivity index (χ2v) is 10.8. The fraction of sp³-hybridized carbons (Fsp3) is 0.480. The zero-order valence-corrected chi connectivity index (χ0v) is 21.5. The van der Waals surface area contributed by atoms with E-state index in [4.69, 9.17) is 16.3 Å². The van der Waals surface area contributed by atoms with Gasteiger partial charge in [-0.3, -0.25) is 4.79 Å². The normalized spacial score (nSPS) is 23.9. The molecule has 9 nitrogen and oxygen atoms in total. The van der Waals surface area contributed by atoms with E-state index in [0.717, 1.165) is 0 Å². The summed E-state index contributed by atoms with van der Waals surface area (Å²) in [6, 6.07) is 3.76. The third-order valence-corrected chi connectivity index (χ3v) is 7.55. The number of pyridine rings is 1. The van der Waals surface area contributed by atoms with Crippen molar-refractivity contribution >= 4 is 45.6 Å². The minimum Gasteiger partial charge on any atom is -0.480 e. The van der Waals surface area contributed by atoms with Gasteiger partial charge in [0.1, 0.15) is 5.02 Å². The maximum Gasteiger partial charge on any atom is 0.301 e. The molecule has 2 aromatic heterocycles. The predicted octanol–water partition coefficient (Wildman–Crippen LogP) is 4.15. The summed E-state index contributed by atoms with van der Waals surface area (Å²) in [6.45, 7) is -1.62. The lowest BCUT2D eigenvalue weighted by Crippen LogP contribution is -2.50. The van der Waals surface area contributed by atoms with E-state index in [1.165, 1.54) is 22.7 Å². The molecule has 2 fully saturated rings. The van der Waals surface area contributed by atoms with Crippen molar-refractivity contribution in [3.63, 3.8) is 0 Å². The first-order chi connectivity index (χ1) is 18.4. The molecule has 1 saturated heterocycles. The number of aromatic nitrogens is 3. The number of halogens is 5. The Labute approximate surface area is 224 Å². The van der Waals surface area contributed by atoms with E-state index in [1.54, 1.807) is 18.2 Å². The second kappa shape index (κ2) is 9.12. The Bertz CT molecular complexity index is 1520. The fourth-order valence-electron chi connectivity index (χ4n) is 5.25. The molecule has 208 valence electrons. The Morgan fingerprint density at radius 2 is 2.03 bits per heavy atom. The molecule has 0 unspecified atom stereocenters. The third-order valence-electron chi connectivity index (χ3n) is 7.27. The molecule has 39 heavy (non-hydrogen) atoms. The van der Waals surface area contributed by atoms with Crippen molar-refractivity contribution in [2.75, 3.05) is 35.2 Å². The molecule has 0 spiro atoms. The van der Waals surface area contributed by atoms with Crippen molar-refractivity contribution in [2.24, 2.45) is 13.0 Å². The highest BCUT2D eigenvalue weighted by molar-refractivity contribution is 6.33. The van der Waals surface area contributed by atoms with Crippen LogP contribution in [0.25, 0.3) is 10.9 Å². The molecular formula is C25H25ClF4N6O3. The van der Waals surface area contributed by atoms with Gasteiger partial charge in [-0.25, -0.2) is 22.5 Å². The van der Waals surface area contributed by atoms with Gasteiger partial charge in [0.05, 0.1) is 36.1 Å². The van der Waals surface area contributed by atoms with E-state index in [0.29, 0.717) is 29.4 Å². The first-order valence-corrected chi connectivity index (χ1v) is 12.8. The Balaban J connectivity index is 1.38. The summed E-state index contributed by atoms with van der Waals surface area (Å²) in [5.41, 5.74) is 0.575. The molecule has 2 atom stereocenters. The number of hydrogen-bond acceptors (Lipinski definition) is 8. The SMILES string of the molecule is Cn1c(=O)c2c(c3cc(Nc4nc(N5C[C@H](O)CC(F)(F)C5)ncc4Cl)ccc31)N[C@@H](C1CC1)C(F)(F)CO2. The monoisotopic (exact) mass is 568 g/mol. The van der Waals surface area contributed by atoms with Crippen molar-refractivity contribution in [3.8, 4) is 5.75 Å². The molecule has 1 aromatic carbocycles. The number of aliphatic hydroxyl groups is 1. The number of aryl methyl sites for hydroxylation is 1. The Morgan fingerprint density at radius 3 is 2.74 bits per heavy atom. The van der Waals surface area contributed by atoms with Crippen molar-refractivity contribution in [1.82, 2.24) is 14.5 Å². The van der Waals surface area contributed by atoms with E-state index in [9.17, 15) is 27.5 Å². The highest BCUT2D eigenvalue weighted by atomic mass is 35.5. The molecule has 4 heterocycles. The molecule has 14 heteroatoms. The molecule has 3 aromatic rings. The van der Waals surface area contributed by atoms with Gasteiger partial charge < -0.3 is 29.9 Å². The number of rotatable bonds is 4. The third kappa shape index (κ3) is 4.82. The smallest absolute Gasteiger partial charge is 0.301 e. The number of ether oxygens (including phenoxy) is 1. The van der Waals surface area contributed by atoms with Crippen LogP contribution in [0.15, 0.2) is 29.2 Å². The van der Waals surface area contributed by atoms with Gasteiger partial charge >= 0.3 is 5.92 Å². The lowest BCUT2D eigenvalue weighted by atomic mass is 10.0. The number of aliphatic hydroxyl groups excluding tert-OH is 1. The van der Waals surface area contributed by atoms with Crippen molar-refractivity contribution in [3.05, 3.63) is 39.8 Å². The molecule has 1 saturated carbocycles. The zero-order chi connectivity index (χ0) is 27.7. The van der Waals surface area contributed by atoms with Crippen LogP contribution in [0, 0.1) is 5.92 Å². The largest absolute Gasteiger partial charge is 0.480 e. The number of piperidine rings is 1. The summed E-state index contributed by atoms with van der Waals surface area (Å²) in [7, 11) is 1.53. The molecule has 0 bridgehead atoms. The number of fused-ring (bicyclic) bond motifs is 3. The van der Waals surface area contributed by atoms with Gasteiger partial charge in [0, 0.05) is 31.1 Å². The number of benzene rings is 1. The molecular weight excluding hydrogens is 544 g/mol. The van der Waals surface area contributed by atoms with E-state index in [-0.39, 0.29) is 40.7 Å². The van der Waals surface area contributed by atoms with Gasteiger partial charge in [0.2, 0.25) is 11.7 Å². The van der Waals surface area contributed by atoms with Crippen molar-refractivity contribution in [2.45, 2.75) is 43.3 Å². The lowest BCUT2D eigenvalue weighted by molar-refractivity contribution is -0.0579. The van der Waals surface area contributed by atoms with Crippen LogP contribution in [-0.2, 0) is 7.05 Å². The highest BCUT2D eigenvalue weighted by Crippen LogP contribution is 2.45. The molecule has 3 aliphatic rings. The maximum absolute atomic E-state index is 14.9. The van der Waals surface area contributed by atoms with E-state index in [2.05, 4.69) is 20.6 Å². The molecule has 6 rings (SSSR count). The van der Waals surface area contributed by atoms with Crippen LogP contribution in [0.5, 0.6) is 5.75 Å². The number of nitrogens with one attached hydrogen (secondary N) is 2. The van der Waals surface area contributed by atoms with E-state index < -0.39 is 49.1 Å². The number of alkyl halides is 4. The Morgan fingerprint density at radius 1 is 1.26 bits per heavy atom. The van der Waals surface area contributed by atoms with Gasteiger partial charge in [-0.05, 0) is 37.0 Å². The minimum atomic E-state index is -3.17. The number of nitrogens with zero attached hydrogens (tertiary/aromatic N) is 4. The van der Waals surface area contributed by atoms with Crippen LogP contribution in [0.1, 0.15) is 19.3 Å². The van der Waals surface area contributed by atoms with Crippen LogP contribution < -0.4 is 25.8 Å². The van der Waals surface area contributed by atoms with Gasteiger partial charge in [-0.2, -0.15) is 4.98 Å². The zero-order valence-electron chi connectivity index (χ0n) is 20.7. The van der Waals surface area contributed by atoms with Crippen LogP contribution >= 0.6 is 11.6 Å². The lowest BCUT2D eigenvalue weighted by Gasteiger charge is -2.35. The quantitative estimate of drug-likeness (QED) is 0.403. The van der Waals surface area contributed by atoms with Gasteiger partial charge in [0.15, 0.2) is 12.4 Å². The van der Waals surface area contributed by atoms with Crippen LogP contribution in [0.2, 0.25) is 5.02 Å². The Kier molecular flexibility index (Phi) is 6.06. The van der Waals surface area contributed by atoms with Crippen molar-refractivity contribution < 1.29 is 27.4 Å². The topological polar surface area (TPSA) is 105 Å². The van der Waals surface area contributed by atoms with Crippen LogP contribution in [-0.4, -0.2) is 63.3 Å². The predicted molar refractivity (Wildman–Crippen MR) is 138 cm³/mol. The summed E-state index contributed by atoms with van der Waals surface area (Å²) in [4.78, 5) is 22.5. The number of β-amino-alcohol motifs (C(OH)–C–C–N with tert-alkyl or cyclic N) is 1. The highest BCUT2D eigenvalue weighted by Gasteiger charge is 2.51. The summed E-state index contributed by atoms with van der Waals surface area (Å²) < 4.78 is 64.6. The van der Waals surface area contributed by atoms with E-state index >= 15 is 0 Å². The van der Waals surface area contributed by atoms with Crippen LogP contribution in [0.4, 0.5) is 40.7 Å². The van der Waals surface area contributed by atoms with Gasteiger partial charge in [-0.15, -0.1) is 0 Å². The average molecular weight is 569 g/mol. The van der Waals surface area contributed by atoms with Crippen molar-refractivity contribution in [1.29, 1.82) is 0 Å². The first-order valence-electron chi connectivity index (χ1n) is 12.5. The first kappa shape index (κ1) is 25.9. The number of anilines is 4. The molecule has 0 radical (unpaired) electrons. The fourth-order valence-corrected chi connectivity index (χ4v) is 5.38. The van der Waals surface area contributed by atoms with E-state index in [1.807, 2.05) is 0 Å². The summed E-state index contributed by atoms with van der Waals surface area (Å²) in [6.07, 6.45) is 0.699. The van der Waals surface area contributed by atoms with Gasteiger partial charge in [0.25, 0.3) is 11.5 Å². The summed E-state index contributed by atoms with van der Waals surface area (Å²) >= 11 is 6.30. The maximum atomic E-state index is 14.9. The van der Waals surface area contributed by atoms with Crippen LogP contribution in [0.3, 0.4) is 0 Å². The standard InChI is InChI=1S/C25H25ClF4N6O3/c1-35-17-5-4-13(32-21-16(26)8-31-23(34-21)36-9-14(37)7-24(27,28)10-36)6-15(17)18-19(22(35)38)39-11-25(29,30)20(33-18)12-2-3-12/h4-6,8,12,14,20,33,37H,2-3,7,9-11H2,1H3,(H,31,32,34)/t14-,20+/m1/s1. The molecule has 1 aliphatic carbocycles. The molecule has 0 amide bonds. The minimum absolute atomic E-state index is 0.0399. The number of hydrogen-bond donors (Lipinski definition) is 3. The summed E-state index contributed by atoms with van der Waals surface area (Å²) in [5.74, 6) is -6.61. The second-order valence-electron chi connectivity index (χ2n) is 10.4.